The number of carboxylic acids is 1. The van der Waals surface area contributed by atoms with Crippen LogP contribution in [0.1, 0.15) is 6.92 Å². The normalized spacial score (nSPS) is 15.9. The number of alkyl halides is 2. The quantitative estimate of drug-likeness (QED) is 0.563. The van der Waals surface area contributed by atoms with Crippen molar-refractivity contribution in [2.75, 3.05) is 12.0 Å². The Morgan fingerprint density at radius 3 is 2.13 bits per heavy atom. The number of carbonyl (C=O) groups excluding carboxylic acids is 1. The van der Waals surface area contributed by atoms with Crippen molar-refractivity contribution in [2.45, 2.75) is 19.1 Å². The largest absolute Gasteiger partial charge is 0.491 e. The number of fused-ring (bicyclic) bond motifs is 1. The molecule has 0 saturated carbocycles. The van der Waals surface area contributed by atoms with Crippen LogP contribution in [0.5, 0.6) is 11.5 Å². The number of nitrogens with zero attached hydrogens (tertiary/aromatic N) is 1. The fourth-order valence-electron chi connectivity index (χ4n) is 2.96. The van der Waals surface area contributed by atoms with Crippen molar-refractivity contribution in [3.63, 3.8) is 0 Å². The van der Waals surface area contributed by atoms with Gasteiger partial charge in [-0.1, -0.05) is 0 Å². The van der Waals surface area contributed by atoms with Gasteiger partial charge in [0.05, 0.1) is 18.4 Å². The highest BCUT2D eigenvalue weighted by atomic mass is 19.3. The standard InChI is InChI=1S/C18H10F7NO5/c1-5(16(27)28)26-8-3-6(7(19)4-9(8)31-18(24,25)17(26)29)10-11(20)13(22)15(30-2)14(23)12(10)21/h3-5H,1-2H3,(H,27,28)/t5-/m0/s1. The summed E-state index contributed by atoms with van der Waals surface area (Å²) in [6.45, 7) is 0.822. The first-order valence-corrected chi connectivity index (χ1v) is 8.20. The molecule has 166 valence electrons. The van der Waals surface area contributed by atoms with Crippen LogP contribution in [-0.4, -0.2) is 36.2 Å². The molecule has 1 aliphatic rings. The molecule has 3 rings (SSSR count). The number of benzene rings is 2. The number of hydrogen-bond donors (Lipinski definition) is 1. The molecule has 0 unspecified atom stereocenters. The van der Waals surface area contributed by atoms with Crippen molar-refractivity contribution in [3.05, 3.63) is 41.2 Å². The topological polar surface area (TPSA) is 76.1 Å². The first-order chi connectivity index (χ1) is 14.3. The number of methoxy groups -OCH3 is 1. The van der Waals surface area contributed by atoms with Gasteiger partial charge in [0.15, 0.2) is 23.1 Å². The van der Waals surface area contributed by atoms with Crippen molar-refractivity contribution >= 4 is 17.6 Å². The Balaban J connectivity index is 2.34. The number of hydrogen-bond acceptors (Lipinski definition) is 4. The Hall–Kier alpha value is -3.51. The molecule has 0 aliphatic carbocycles. The number of carbonyl (C=O) groups is 2. The second kappa shape index (κ2) is 7.32. The highest BCUT2D eigenvalue weighted by Crippen LogP contribution is 2.45. The van der Waals surface area contributed by atoms with Gasteiger partial charge in [0.2, 0.25) is 11.6 Å². The van der Waals surface area contributed by atoms with E-state index in [1.54, 1.807) is 0 Å². The van der Waals surface area contributed by atoms with Crippen molar-refractivity contribution in [2.24, 2.45) is 0 Å². The fourth-order valence-corrected chi connectivity index (χ4v) is 2.96. The highest BCUT2D eigenvalue weighted by Gasteiger charge is 2.53. The number of rotatable bonds is 4. The van der Waals surface area contributed by atoms with Crippen LogP contribution in [0.4, 0.5) is 36.4 Å². The van der Waals surface area contributed by atoms with Gasteiger partial charge in [-0.3, -0.25) is 9.69 Å². The van der Waals surface area contributed by atoms with Gasteiger partial charge in [-0.05, 0) is 13.0 Å². The molecule has 0 saturated heterocycles. The molecule has 1 heterocycles. The number of amides is 1. The number of anilines is 1. The van der Waals surface area contributed by atoms with E-state index in [1.165, 1.54) is 0 Å². The average molecular weight is 453 g/mol. The molecule has 0 bridgehead atoms. The molecular weight excluding hydrogens is 443 g/mol. The molecule has 1 atom stereocenters. The summed E-state index contributed by atoms with van der Waals surface area (Å²) in [6.07, 6.45) is -4.58. The third-order valence-electron chi connectivity index (χ3n) is 4.46. The van der Waals surface area contributed by atoms with E-state index in [-0.39, 0.29) is 11.0 Å². The summed E-state index contributed by atoms with van der Waals surface area (Å²) < 4.78 is 107. The SMILES string of the molecule is COc1c(F)c(F)c(-c2cc3c(cc2F)OC(F)(F)C(=O)N3[C@@H](C)C(=O)O)c(F)c1F. The summed E-state index contributed by atoms with van der Waals surface area (Å²) in [5.41, 5.74) is -3.60. The smallest absolute Gasteiger partial charge is 0.483 e. The molecule has 2 aromatic rings. The summed E-state index contributed by atoms with van der Waals surface area (Å²) in [4.78, 5) is 23.3. The molecule has 31 heavy (non-hydrogen) atoms. The Morgan fingerprint density at radius 2 is 1.65 bits per heavy atom. The number of ether oxygens (including phenoxy) is 2. The lowest BCUT2D eigenvalue weighted by Crippen LogP contribution is -2.55. The Kier molecular flexibility index (Phi) is 5.24. The van der Waals surface area contributed by atoms with Crippen LogP contribution in [0.3, 0.4) is 0 Å². The summed E-state index contributed by atoms with van der Waals surface area (Å²) in [5.74, 6) is -16.3. The predicted molar refractivity (Wildman–Crippen MR) is 88.4 cm³/mol. The van der Waals surface area contributed by atoms with E-state index >= 15 is 0 Å². The molecule has 1 N–H and O–H groups in total. The van der Waals surface area contributed by atoms with Crippen molar-refractivity contribution in [1.82, 2.24) is 0 Å². The van der Waals surface area contributed by atoms with E-state index in [0.29, 0.717) is 13.2 Å². The molecule has 1 aliphatic heterocycles. The summed E-state index contributed by atoms with van der Waals surface area (Å²) in [7, 11) is 0.716. The lowest BCUT2D eigenvalue weighted by molar-refractivity contribution is -0.193. The maximum absolute atomic E-state index is 14.6. The van der Waals surface area contributed by atoms with E-state index in [0.717, 1.165) is 6.92 Å². The summed E-state index contributed by atoms with van der Waals surface area (Å²) >= 11 is 0. The molecule has 1 amide bonds. The highest BCUT2D eigenvalue weighted by molar-refractivity contribution is 6.05. The zero-order valence-corrected chi connectivity index (χ0v) is 15.4. The second-order valence-electron chi connectivity index (χ2n) is 6.27. The van der Waals surface area contributed by atoms with Crippen LogP contribution in [0.15, 0.2) is 12.1 Å². The third-order valence-corrected chi connectivity index (χ3v) is 4.46. The summed E-state index contributed by atoms with van der Waals surface area (Å²) in [5, 5.41) is 9.12. The predicted octanol–water partition coefficient (Wildman–Crippen LogP) is 3.85. The minimum Gasteiger partial charge on any atom is -0.491 e. The fraction of sp³-hybridized carbons (Fsp3) is 0.222. The van der Waals surface area contributed by atoms with Crippen LogP contribution >= 0.6 is 0 Å². The minimum absolute atomic E-state index is 0.00382. The van der Waals surface area contributed by atoms with E-state index < -0.39 is 81.4 Å². The van der Waals surface area contributed by atoms with Gasteiger partial charge >= 0.3 is 18.0 Å². The molecule has 6 nitrogen and oxygen atoms in total. The molecule has 2 aromatic carbocycles. The van der Waals surface area contributed by atoms with Gasteiger partial charge in [0.25, 0.3) is 0 Å². The number of carboxylic acid groups (broad SMARTS) is 1. The zero-order valence-electron chi connectivity index (χ0n) is 15.4. The second-order valence-corrected chi connectivity index (χ2v) is 6.27. The Morgan fingerprint density at radius 1 is 1.10 bits per heavy atom. The van der Waals surface area contributed by atoms with Crippen LogP contribution in [-0.2, 0) is 9.59 Å². The molecule has 13 heteroatoms. The van der Waals surface area contributed by atoms with Gasteiger partial charge in [0.1, 0.15) is 11.9 Å². The van der Waals surface area contributed by atoms with E-state index in [4.69, 9.17) is 5.11 Å². The summed E-state index contributed by atoms with van der Waals surface area (Å²) in [6, 6.07) is -1.42. The Labute approximate surface area is 168 Å². The van der Waals surface area contributed by atoms with Gasteiger partial charge in [-0.25, -0.2) is 18.0 Å². The molecular formula is C18H10F7NO5. The molecule has 0 spiro atoms. The maximum atomic E-state index is 14.6. The van der Waals surface area contributed by atoms with Crippen molar-refractivity contribution in [1.29, 1.82) is 0 Å². The molecule has 0 radical (unpaired) electrons. The molecule has 0 fully saturated rings. The number of aliphatic carboxylic acids is 1. The van der Waals surface area contributed by atoms with E-state index in [9.17, 15) is 40.3 Å². The van der Waals surface area contributed by atoms with Gasteiger partial charge < -0.3 is 14.6 Å². The maximum Gasteiger partial charge on any atom is 0.483 e. The lowest BCUT2D eigenvalue weighted by Gasteiger charge is -2.35. The van der Waals surface area contributed by atoms with Crippen molar-refractivity contribution < 1.29 is 54.9 Å². The van der Waals surface area contributed by atoms with E-state index in [1.807, 2.05) is 0 Å². The third kappa shape index (κ3) is 3.29. The van der Waals surface area contributed by atoms with Crippen molar-refractivity contribution in [3.8, 4) is 22.6 Å². The first kappa shape index (κ1) is 22.2. The van der Waals surface area contributed by atoms with E-state index in [2.05, 4.69) is 9.47 Å². The van der Waals surface area contributed by atoms with Crippen LogP contribution < -0.4 is 14.4 Å². The molecule has 0 aromatic heterocycles. The van der Waals surface area contributed by atoms with Crippen LogP contribution in [0.2, 0.25) is 0 Å². The first-order valence-electron chi connectivity index (χ1n) is 8.20. The number of halogens is 7. The van der Waals surface area contributed by atoms with Gasteiger partial charge in [0, 0.05) is 11.6 Å². The van der Waals surface area contributed by atoms with Gasteiger partial charge in [-0.15, -0.1) is 0 Å². The van der Waals surface area contributed by atoms with Gasteiger partial charge in [-0.2, -0.15) is 17.6 Å². The Bertz CT molecular complexity index is 1090. The van der Waals surface area contributed by atoms with Crippen LogP contribution in [0.25, 0.3) is 11.1 Å². The lowest BCUT2D eigenvalue weighted by atomic mass is 10.00. The average Bonchev–Trinajstić information content (AvgIpc) is 2.68. The van der Waals surface area contributed by atoms with Crippen LogP contribution in [0, 0.1) is 29.1 Å². The minimum atomic E-state index is -4.58. The monoisotopic (exact) mass is 453 g/mol. The zero-order chi connectivity index (χ0) is 23.4.